The van der Waals surface area contributed by atoms with Crippen molar-refractivity contribution in [3.63, 3.8) is 0 Å². The molecule has 0 unspecified atom stereocenters. The first-order valence-corrected chi connectivity index (χ1v) is 8.76. The number of piperazine rings is 1. The number of amides is 1. The van der Waals surface area contributed by atoms with Crippen molar-refractivity contribution < 1.29 is 9.53 Å². The molecule has 5 heteroatoms. The van der Waals surface area contributed by atoms with Crippen LogP contribution in [0.5, 0.6) is 0 Å². The second-order valence-electron chi connectivity index (χ2n) is 8.52. The van der Waals surface area contributed by atoms with Crippen LogP contribution < -0.4 is 4.90 Å². The molecule has 1 heterocycles. The Morgan fingerprint density at radius 3 is 2.16 bits per heavy atom. The quantitative estimate of drug-likeness (QED) is 0.700. The van der Waals surface area contributed by atoms with Crippen LogP contribution in [-0.4, -0.2) is 42.8 Å². The van der Waals surface area contributed by atoms with Gasteiger partial charge in [0.25, 0.3) is 0 Å². The van der Waals surface area contributed by atoms with E-state index in [0.717, 1.165) is 18.8 Å². The average molecular weight is 343 g/mol. The summed E-state index contributed by atoms with van der Waals surface area (Å²) in [6, 6.07) is 5.90. The molecule has 0 bridgehead atoms. The van der Waals surface area contributed by atoms with Crippen LogP contribution in [-0.2, 0) is 10.2 Å². The first kappa shape index (κ1) is 19.1. The van der Waals surface area contributed by atoms with Crippen LogP contribution in [0.1, 0.15) is 47.1 Å². The zero-order chi connectivity index (χ0) is 18.8. The SMILES string of the molecule is [C-]#[N+]c1ccc(N2CCN(C(=O)OC(C)(C)C)CC2)c(C(C)(C)C)c1. The highest BCUT2D eigenvalue weighted by atomic mass is 16.6. The first-order valence-electron chi connectivity index (χ1n) is 8.76. The van der Waals surface area contributed by atoms with E-state index in [1.807, 2.05) is 39.0 Å². The van der Waals surface area contributed by atoms with Gasteiger partial charge >= 0.3 is 6.09 Å². The minimum atomic E-state index is -0.469. The van der Waals surface area contributed by atoms with Gasteiger partial charge in [-0.25, -0.2) is 9.64 Å². The molecule has 1 aromatic rings. The van der Waals surface area contributed by atoms with E-state index in [-0.39, 0.29) is 11.5 Å². The fourth-order valence-electron chi connectivity index (χ4n) is 2.93. The highest BCUT2D eigenvalue weighted by Crippen LogP contribution is 2.35. The van der Waals surface area contributed by atoms with Gasteiger partial charge in [0.2, 0.25) is 0 Å². The van der Waals surface area contributed by atoms with E-state index < -0.39 is 5.60 Å². The van der Waals surface area contributed by atoms with Crippen LogP contribution >= 0.6 is 0 Å². The number of ether oxygens (including phenoxy) is 1. The Bertz CT molecular complexity index is 670. The average Bonchev–Trinajstić information content (AvgIpc) is 2.52. The summed E-state index contributed by atoms with van der Waals surface area (Å²) in [7, 11) is 0. The van der Waals surface area contributed by atoms with Crippen molar-refractivity contribution in [1.29, 1.82) is 0 Å². The van der Waals surface area contributed by atoms with E-state index in [2.05, 4.69) is 30.5 Å². The van der Waals surface area contributed by atoms with E-state index in [4.69, 9.17) is 11.3 Å². The molecule has 25 heavy (non-hydrogen) atoms. The lowest BCUT2D eigenvalue weighted by molar-refractivity contribution is 0.0240. The molecule has 5 nitrogen and oxygen atoms in total. The molecule has 0 aliphatic carbocycles. The van der Waals surface area contributed by atoms with Crippen LogP contribution in [0.2, 0.25) is 0 Å². The number of anilines is 1. The fraction of sp³-hybridized carbons (Fsp3) is 0.600. The molecule has 1 amide bonds. The van der Waals surface area contributed by atoms with Crippen LogP contribution in [0, 0.1) is 6.57 Å². The minimum absolute atomic E-state index is 0.0433. The summed E-state index contributed by atoms with van der Waals surface area (Å²) >= 11 is 0. The van der Waals surface area contributed by atoms with E-state index in [9.17, 15) is 4.79 Å². The number of hydrogen-bond donors (Lipinski definition) is 0. The number of carbonyl (C=O) groups excluding carboxylic acids is 1. The Balaban J connectivity index is 2.13. The molecule has 0 spiro atoms. The topological polar surface area (TPSA) is 37.1 Å². The van der Waals surface area contributed by atoms with Crippen molar-refractivity contribution in [3.05, 3.63) is 35.2 Å². The largest absolute Gasteiger partial charge is 0.444 e. The third-order valence-corrected chi connectivity index (χ3v) is 4.19. The lowest BCUT2D eigenvalue weighted by Crippen LogP contribution is -2.50. The lowest BCUT2D eigenvalue weighted by atomic mass is 9.85. The van der Waals surface area contributed by atoms with Crippen LogP contribution in [0.3, 0.4) is 0 Å². The second kappa shape index (κ2) is 6.95. The van der Waals surface area contributed by atoms with Crippen LogP contribution in [0.4, 0.5) is 16.2 Å². The van der Waals surface area contributed by atoms with E-state index in [1.54, 1.807) is 4.90 Å². The molecular formula is C20H29N3O2. The van der Waals surface area contributed by atoms with E-state index >= 15 is 0 Å². The molecule has 0 N–H and O–H groups in total. The molecule has 1 fully saturated rings. The summed E-state index contributed by atoms with van der Waals surface area (Å²) in [5.41, 5.74) is 2.48. The van der Waals surface area contributed by atoms with E-state index in [1.165, 1.54) is 5.56 Å². The molecule has 1 aliphatic rings. The van der Waals surface area contributed by atoms with Gasteiger partial charge in [0.1, 0.15) is 5.60 Å². The number of hydrogen-bond acceptors (Lipinski definition) is 3. The number of rotatable bonds is 1. The predicted octanol–water partition coefficient (Wildman–Crippen LogP) is 4.59. The predicted molar refractivity (Wildman–Crippen MR) is 101 cm³/mol. The number of benzene rings is 1. The van der Waals surface area contributed by atoms with Crippen molar-refractivity contribution in [2.45, 2.75) is 52.6 Å². The van der Waals surface area contributed by atoms with Crippen molar-refractivity contribution >= 4 is 17.5 Å². The summed E-state index contributed by atoms with van der Waals surface area (Å²) in [4.78, 5) is 19.9. The van der Waals surface area contributed by atoms with E-state index in [0.29, 0.717) is 18.8 Å². The van der Waals surface area contributed by atoms with Gasteiger partial charge in [0, 0.05) is 31.9 Å². The lowest BCUT2D eigenvalue weighted by Gasteiger charge is -2.39. The highest BCUT2D eigenvalue weighted by molar-refractivity contribution is 5.69. The monoisotopic (exact) mass is 343 g/mol. The third kappa shape index (κ3) is 4.88. The molecule has 1 aliphatic heterocycles. The zero-order valence-corrected chi connectivity index (χ0v) is 16.2. The van der Waals surface area contributed by atoms with Crippen molar-refractivity contribution in [1.82, 2.24) is 4.90 Å². The normalized spacial score (nSPS) is 15.7. The fourth-order valence-corrected chi connectivity index (χ4v) is 2.93. The smallest absolute Gasteiger partial charge is 0.410 e. The Morgan fingerprint density at radius 2 is 1.68 bits per heavy atom. The summed E-state index contributed by atoms with van der Waals surface area (Å²) < 4.78 is 5.46. The molecular weight excluding hydrogens is 314 g/mol. The molecule has 2 rings (SSSR count). The molecule has 0 radical (unpaired) electrons. The van der Waals surface area contributed by atoms with Gasteiger partial charge in [-0.2, -0.15) is 0 Å². The molecule has 0 aromatic heterocycles. The van der Waals surface area contributed by atoms with Gasteiger partial charge in [0.15, 0.2) is 5.69 Å². The molecule has 0 saturated carbocycles. The van der Waals surface area contributed by atoms with Gasteiger partial charge in [-0.3, -0.25) is 0 Å². The zero-order valence-electron chi connectivity index (χ0n) is 16.2. The Kier molecular flexibility index (Phi) is 5.31. The molecule has 136 valence electrons. The van der Waals surface area contributed by atoms with Gasteiger partial charge in [0.05, 0.1) is 6.57 Å². The summed E-state index contributed by atoms with van der Waals surface area (Å²) in [6.45, 7) is 22.2. The Labute approximate surface area is 151 Å². The summed E-state index contributed by atoms with van der Waals surface area (Å²) in [5.74, 6) is 0. The van der Waals surface area contributed by atoms with Crippen LogP contribution in [0.25, 0.3) is 4.85 Å². The second-order valence-corrected chi connectivity index (χ2v) is 8.52. The van der Waals surface area contributed by atoms with Gasteiger partial charge in [-0.1, -0.05) is 32.9 Å². The Hall–Kier alpha value is -2.22. The molecule has 0 atom stereocenters. The maximum Gasteiger partial charge on any atom is 0.410 e. The Morgan fingerprint density at radius 1 is 1.08 bits per heavy atom. The molecule has 1 saturated heterocycles. The summed E-state index contributed by atoms with van der Waals surface area (Å²) in [5, 5.41) is 0. The molecule has 1 aromatic carbocycles. The maximum absolute atomic E-state index is 12.2. The maximum atomic E-state index is 12.2. The number of nitrogens with zero attached hydrogens (tertiary/aromatic N) is 3. The van der Waals surface area contributed by atoms with Crippen molar-refractivity contribution in [3.8, 4) is 0 Å². The minimum Gasteiger partial charge on any atom is -0.444 e. The van der Waals surface area contributed by atoms with Crippen molar-refractivity contribution in [2.75, 3.05) is 31.1 Å². The third-order valence-electron chi connectivity index (χ3n) is 4.19. The standard InChI is InChI=1S/C20H29N3O2/c1-19(2,3)16-14-15(21-7)8-9-17(16)22-10-12-23(13-11-22)18(24)25-20(4,5)6/h8-9,14H,10-13H2,1-6H3. The number of carbonyl (C=O) groups is 1. The van der Waals surface area contributed by atoms with Crippen LogP contribution in [0.15, 0.2) is 18.2 Å². The van der Waals surface area contributed by atoms with Crippen molar-refractivity contribution in [2.24, 2.45) is 0 Å². The van der Waals surface area contributed by atoms with Gasteiger partial charge in [-0.15, -0.1) is 0 Å². The van der Waals surface area contributed by atoms with Gasteiger partial charge < -0.3 is 14.5 Å². The summed E-state index contributed by atoms with van der Waals surface area (Å²) in [6.07, 6.45) is -0.244. The highest BCUT2D eigenvalue weighted by Gasteiger charge is 2.28. The van der Waals surface area contributed by atoms with Gasteiger partial charge in [-0.05, 0) is 37.8 Å². The first-order chi connectivity index (χ1) is 11.5.